The highest BCUT2D eigenvalue weighted by molar-refractivity contribution is 9.09. The average Bonchev–Trinajstić information content (AvgIpc) is 2.84. The molecule has 4 atom stereocenters. The molecule has 0 fully saturated rings. The Bertz CT molecular complexity index is 1160. The number of halogens is 1. The lowest BCUT2D eigenvalue weighted by molar-refractivity contribution is 0.0948. The summed E-state index contributed by atoms with van der Waals surface area (Å²) in [5.74, 6) is -0.133. The lowest BCUT2D eigenvalue weighted by Gasteiger charge is -2.28. The molecule has 0 aliphatic heterocycles. The number of aliphatic hydroxyl groups is 1. The van der Waals surface area contributed by atoms with Gasteiger partial charge in [-0.3, -0.25) is 4.21 Å². The molecule has 34 heavy (non-hydrogen) atoms. The van der Waals surface area contributed by atoms with Crippen molar-refractivity contribution in [3.05, 3.63) is 96.1 Å². The molecule has 0 unspecified atom stereocenters. The molecule has 0 aliphatic carbocycles. The van der Waals surface area contributed by atoms with Gasteiger partial charge in [0.15, 0.2) is 0 Å². The van der Waals surface area contributed by atoms with Crippen LogP contribution in [-0.2, 0) is 32.2 Å². The summed E-state index contributed by atoms with van der Waals surface area (Å²) in [5, 5.41) is 11.0. The zero-order valence-corrected chi connectivity index (χ0v) is 21.9. The van der Waals surface area contributed by atoms with Crippen molar-refractivity contribution in [1.29, 1.82) is 0 Å². The number of aryl methyl sites for hydroxylation is 1. The summed E-state index contributed by atoms with van der Waals surface area (Å²) in [5.41, 5.74) is 1.91. The monoisotopic (exact) mass is 565 g/mol. The van der Waals surface area contributed by atoms with Crippen molar-refractivity contribution in [3.63, 3.8) is 0 Å². The molecule has 0 radical (unpaired) electrons. The number of benzene rings is 3. The van der Waals surface area contributed by atoms with E-state index in [2.05, 4.69) is 20.7 Å². The molecule has 3 rings (SSSR count). The standard InChI is InChI=1S/C25H28BrNO5S2/c1-19-12-14-22(15-13-19)34(30,31)27-25(23(26)17-32-16-20-8-4-2-5-9-20)24(28)18-33(29)21-10-6-3-7-11-21/h2-15,23-25,27-28H,16-18H2,1H3/t23-,24-,25-,33+/m1/s1. The van der Waals surface area contributed by atoms with Crippen LogP contribution in [0.15, 0.2) is 94.7 Å². The van der Waals surface area contributed by atoms with Gasteiger partial charge in [0.05, 0.1) is 51.6 Å². The van der Waals surface area contributed by atoms with Gasteiger partial charge in [0, 0.05) is 4.90 Å². The van der Waals surface area contributed by atoms with Gasteiger partial charge in [0.2, 0.25) is 10.0 Å². The van der Waals surface area contributed by atoms with Crippen LogP contribution in [0.4, 0.5) is 0 Å². The Morgan fingerprint density at radius 1 is 0.971 bits per heavy atom. The number of nitrogens with one attached hydrogen (secondary N) is 1. The quantitative estimate of drug-likeness (QED) is 0.326. The minimum Gasteiger partial charge on any atom is -0.390 e. The Morgan fingerprint density at radius 3 is 2.18 bits per heavy atom. The topological polar surface area (TPSA) is 92.7 Å². The number of aliphatic hydroxyl groups excluding tert-OH is 1. The molecule has 0 saturated heterocycles. The fourth-order valence-electron chi connectivity index (χ4n) is 3.25. The van der Waals surface area contributed by atoms with Gasteiger partial charge in [-0.2, -0.15) is 0 Å². The molecule has 0 heterocycles. The SMILES string of the molecule is Cc1ccc(S(=O)(=O)N[C@@H]([C@H](O)C[S@](=O)c2ccccc2)[C@H](Br)COCc2ccccc2)cc1. The molecular formula is C25H28BrNO5S2. The first-order chi connectivity index (χ1) is 16.3. The third-order valence-corrected chi connectivity index (χ3v) is 8.89. The Balaban J connectivity index is 1.75. The van der Waals surface area contributed by atoms with Crippen molar-refractivity contribution in [1.82, 2.24) is 4.72 Å². The van der Waals surface area contributed by atoms with E-state index < -0.39 is 37.8 Å². The molecule has 9 heteroatoms. The molecule has 3 aromatic carbocycles. The Kier molecular flexibility index (Phi) is 9.99. The van der Waals surface area contributed by atoms with Crippen LogP contribution in [0.3, 0.4) is 0 Å². The van der Waals surface area contributed by atoms with E-state index in [9.17, 15) is 17.7 Å². The van der Waals surface area contributed by atoms with Crippen LogP contribution in [0.5, 0.6) is 0 Å². The zero-order valence-electron chi connectivity index (χ0n) is 18.7. The lowest BCUT2D eigenvalue weighted by Crippen LogP contribution is -2.51. The van der Waals surface area contributed by atoms with Crippen LogP contribution < -0.4 is 4.72 Å². The van der Waals surface area contributed by atoms with Crippen molar-refractivity contribution in [3.8, 4) is 0 Å². The molecule has 2 N–H and O–H groups in total. The number of rotatable bonds is 12. The van der Waals surface area contributed by atoms with E-state index >= 15 is 0 Å². The van der Waals surface area contributed by atoms with Crippen LogP contribution >= 0.6 is 15.9 Å². The maximum absolute atomic E-state index is 13.1. The lowest BCUT2D eigenvalue weighted by atomic mass is 10.1. The molecule has 0 aliphatic rings. The first-order valence-corrected chi connectivity index (χ1v) is 14.4. The molecule has 3 aromatic rings. The second-order valence-electron chi connectivity index (χ2n) is 7.87. The Morgan fingerprint density at radius 2 is 1.56 bits per heavy atom. The number of alkyl halides is 1. The molecule has 0 amide bonds. The van der Waals surface area contributed by atoms with Crippen molar-refractivity contribution in [2.75, 3.05) is 12.4 Å². The van der Waals surface area contributed by atoms with Gasteiger partial charge in [-0.05, 0) is 36.8 Å². The molecule has 182 valence electrons. The summed E-state index contributed by atoms with van der Waals surface area (Å²) in [4.78, 5) is 0.0803. The van der Waals surface area contributed by atoms with Crippen LogP contribution in [0, 0.1) is 6.92 Å². The van der Waals surface area contributed by atoms with E-state index in [4.69, 9.17) is 4.74 Å². The van der Waals surface area contributed by atoms with E-state index in [1.165, 1.54) is 12.1 Å². The smallest absolute Gasteiger partial charge is 0.240 e. The fraction of sp³-hybridized carbons (Fsp3) is 0.280. The first-order valence-electron chi connectivity index (χ1n) is 10.7. The third-order valence-electron chi connectivity index (χ3n) is 5.14. The second kappa shape index (κ2) is 12.7. The Labute approximate surface area is 212 Å². The van der Waals surface area contributed by atoms with Crippen molar-refractivity contribution in [2.24, 2.45) is 0 Å². The van der Waals surface area contributed by atoms with Crippen LogP contribution in [0.2, 0.25) is 0 Å². The van der Waals surface area contributed by atoms with Crippen molar-refractivity contribution < 1.29 is 22.5 Å². The van der Waals surface area contributed by atoms with Gasteiger partial charge in [0.1, 0.15) is 0 Å². The van der Waals surface area contributed by atoms with E-state index in [0.29, 0.717) is 11.5 Å². The minimum atomic E-state index is -3.94. The summed E-state index contributed by atoms with van der Waals surface area (Å²) in [6, 6.07) is 23.8. The average molecular weight is 567 g/mol. The van der Waals surface area contributed by atoms with Gasteiger partial charge in [0.25, 0.3) is 0 Å². The third kappa shape index (κ3) is 7.83. The number of ether oxygens (including phenoxy) is 1. The molecule has 6 nitrogen and oxygen atoms in total. The maximum Gasteiger partial charge on any atom is 0.240 e. The van der Waals surface area contributed by atoms with Gasteiger partial charge >= 0.3 is 0 Å². The summed E-state index contributed by atoms with van der Waals surface area (Å²) < 4.78 is 47.3. The highest BCUT2D eigenvalue weighted by atomic mass is 79.9. The van der Waals surface area contributed by atoms with E-state index in [1.807, 2.05) is 43.3 Å². The molecular weight excluding hydrogens is 538 g/mol. The maximum atomic E-state index is 13.1. The highest BCUT2D eigenvalue weighted by Gasteiger charge is 2.33. The highest BCUT2D eigenvalue weighted by Crippen LogP contribution is 2.19. The zero-order chi connectivity index (χ0) is 24.6. The Hall–Kier alpha value is -1.88. The van der Waals surface area contributed by atoms with E-state index in [0.717, 1.165) is 11.1 Å². The molecule has 0 spiro atoms. The minimum absolute atomic E-state index is 0.0874. The van der Waals surface area contributed by atoms with Gasteiger partial charge in [-0.25, -0.2) is 13.1 Å². The van der Waals surface area contributed by atoms with Gasteiger partial charge < -0.3 is 9.84 Å². The van der Waals surface area contributed by atoms with E-state index in [-0.39, 0.29) is 17.3 Å². The fourth-order valence-corrected chi connectivity index (χ4v) is 6.58. The van der Waals surface area contributed by atoms with Crippen molar-refractivity contribution in [2.45, 2.75) is 40.3 Å². The molecule has 0 saturated carbocycles. The number of hydrogen-bond acceptors (Lipinski definition) is 5. The largest absolute Gasteiger partial charge is 0.390 e. The number of hydrogen-bond donors (Lipinski definition) is 2. The molecule has 0 bridgehead atoms. The normalized spacial score (nSPS) is 15.4. The molecule has 0 aromatic heterocycles. The predicted molar refractivity (Wildman–Crippen MR) is 138 cm³/mol. The predicted octanol–water partition coefficient (Wildman–Crippen LogP) is 3.79. The summed E-state index contributed by atoms with van der Waals surface area (Å²) in [6.45, 7) is 2.34. The van der Waals surface area contributed by atoms with Crippen LogP contribution in [0.1, 0.15) is 11.1 Å². The van der Waals surface area contributed by atoms with Gasteiger partial charge in [-0.15, -0.1) is 0 Å². The van der Waals surface area contributed by atoms with Crippen LogP contribution in [-0.4, -0.2) is 47.1 Å². The summed E-state index contributed by atoms with van der Waals surface area (Å²) in [6.07, 6.45) is -1.23. The number of sulfonamides is 1. The second-order valence-corrected chi connectivity index (χ2v) is 12.3. The summed E-state index contributed by atoms with van der Waals surface area (Å²) >= 11 is 3.49. The first kappa shape index (κ1) is 26.7. The van der Waals surface area contributed by atoms with Gasteiger partial charge in [-0.1, -0.05) is 82.2 Å². The van der Waals surface area contributed by atoms with Crippen LogP contribution in [0.25, 0.3) is 0 Å². The van der Waals surface area contributed by atoms with Crippen molar-refractivity contribution >= 4 is 36.8 Å². The summed E-state index contributed by atoms with van der Waals surface area (Å²) in [7, 11) is -5.45. The van der Waals surface area contributed by atoms with E-state index in [1.54, 1.807) is 36.4 Å².